The molecule has 3 rings (SSSR count). The SMILES string of the molecule is CC(C)(C)OC(=O)CNCCCNC(=O)c1ccc2c(c1)oc(=O)n2Cc1cccc(NC(=O)O)c1. The van der Waals surface area contributed by atoms with Crippen LogP contribution >= 0.6 is 0 Å². The fourth-order valence-corrected chi connectivity index (χ4v) is 3.50. The molecular formula is C25H30N4O7. The Labute approximate surface area is 207 Å². The van der Waals surface area contributed by atoms with Gasteiger partial charge in [-0.3, -0.25) is 19.5 Å². The summed E-state index contributed by atoms with van der Waals surface area (Å²) in [4.78, 5) is 47.5. The summed E-state index contributed by atoms with van der Waals surface area (Å²) in [5.41, 5.74) is 1.69. The number of hydrogen-bond acceptors (Lipinski definition) is 7. The van der Waals surface area contributed by atoms with E-state index in [9.17, 15) is 19.2 Å². The molecule has 11 nitrogen and oxygen atoms in total. The van der Waals surface area contributed by atoms with Crippen molar-refractivity contribution in [3.63, 3.8) is 0 Å². The molecule has 2 amide bonds. The Morgan fingerprint density at radius 2 is 1.86 bits per heavy atom. The highest BCUT2D eigenvalue weighted by atomic mass is 16.6. The quantitative estimate of drug-likeness (QED) is 0.246. The average Bonchev–Trinajstić information content (AvgIpc) is 3.08. The second kappa shape index (κ2) is 11.5. The molecule has 0 atom stereocenters. The molecule has 1 aromatic heterocycles. The summed E-state index contributed by atoms with van der Waals surface area (Å²) >= 11 is 0. The van der Waals surface area contributed by atoms with E-state index in [0.29, 0.717) is 41.8 Å². The van der Waals surface area contributed by atoms with Crippen molar-refractivity contribution in [2.75, 3.05) is 25.0 Å². The lowest BCUT2D eigenvalue weighted by Gasteiger charge is -2.19. The lowest BCUT2D eigenvalue weighted by atomic mass is 10.1. The summed E-state index contributed by atoms with van der Waals surface area (Å²) in [6.07, 6.45) is -0.571. The monoisotopic (exact) mass is 498 g/mol. The molecule has 0 aliphatic rings. The first-order valence-electron chi connectivity index (χ1n) is 11.4. The van der Waals surface area contributed by atoms with Crippen LogP contribution < -0.4 is 21.7 Å². The minimum atomic E-state index is -1.18. The molecule has 192 valence electrons. The van der Waals surface area contributed by atoms with Crippen LogP contribution in [0.25, 0.3) is 11.1 Å². The zero-order chi connectivity index (χ0) is 26.3. The van der Waals surface area contributed by atoms with Crippen LogP contribution in [0.3, 0.4) is 0 Å². The highest BCUT2D eigenvalue weighted by Crippen LogP contribution is 2.18. The highest BCUT2D eigenvalue weighted by molar-refractivity contribution is 5.97. The number of esters is 1. The van der Waals surface area contributed by atoms with Crippen molar-refractivity contribution in [3.8, 4) is 0 Å². The van der Waals surface area contributed by atoms with E-state index in [1.54, 1.807) is 57.2 Å². The van der Waals surface area contributed by atoms with Gasteiger partial charge in [-0.15, -0.1) is 0 Å². The van der Waals surface area contributed by atoms with Gasteiger partial charge in [0.25, 0.3) is 5.91 Å². The number of hydrogen-bond donors (Lipinski definition) is 4. The largest absolute Gasteiger partial charge is 0.465 e. The van der Waals surface area contributed by atoms with E-state index in [-0.39, 0.29) is 30.5 Å². The molecule has 0 saturated carbocycles. The van der Waals surface area contributed by atoms with E-state index in [1.165, 1.54) is 10.6 Å². The standard InChI is InChI=1S/C25H30N4O7/c1-25(2,3)36-21(30)14-26-10-5-11-27-22(31)17-8-9-19-20(13-17)35-24(34)29(19)15-16-6-4-7-18(12-16)28-23(32)33/h4,6-9,12-13,26,28H,5,10-11,14-15H2,1-3H3,(H,27,31)(H,32,33). The predicted octanol–water partition coefficient (Wildman–Crippen LogP) is 2.78. The number of fused-ring (bicyclic) bond motifs is 1. The van der Waals surface area contributed by atoms with Crippen molar-refractivity contribution < 1.29 is 28.6 Å². The van der Waals surface area contributed by atoms with E-state index in [2.05, 4.69) is 16.0 Å². The molecule has 0 aliphatic carbocycles. The predicted molar refractivity (Wildman–Crippen MR) is 133 cm³/mol. The lowest BCUT2D eigenvalue weighted by molar-refractivity contribution is -0.153. The van der Waals surface area contributed by atoms with Gasteiger partial charge < -0.3 is 24.9 Å². The number of nitrogens with zero attached hydrogens (tertiary/aromatic N) is 1. The van der Waals surface area contributed by atoms with Crippen LogP contribution in [0.4, 0.5) is 10.5 Å². The number of ether oxygens (including phenoxy) is 1. The van der Waals surface area contributed by atoms with Crippen molar-refractivity contribution in [1.82, 2.24) is 15.2 Å². The van der Waals surface area contributed by atoms with Gasteiger partial charge in [-0.1, -0.05) is 12.1 Å². The highest BCUT2D eigenvalue weighted by Gasteiger charge is 2.16. The summed E-state index contributed by atoms with van der Waals surface area (Å²) in [6, 6.07) is 11.4. The topological polar surface area (TPSA) is 152 Å². The normalized spacial score (nSPS) is 11.3. The van der Waals surface area contributed by atoms with Gasteiger partial charge in [0.2, 0.25) is 0 Å². The van der Waals surface area contributed by atoms with Crippen molar-refractivity contribution in [2.45, 2.75) is 39.3 Å². The number of rotatable bonds is 10. The van der Waals surface area contributed by atoms with Gasteiger partial charge in [0.1, 0.15) is 5.60 Å². The van der Waals surface area contributed by atoms with Crippen molar-refractivity contribution >= 4 is 34.8 Å². The fraction of sp³-hybridized carbons (Fsp3) is 0.360. The van der Waals surface area contributed by atoms with E-state index in [4.69, 9.17) is 14.3 Å². The Morgan fingerprint density at radius 3 is 2.58 bits per heavy atom. The van der Waals surface area contributed by atoms with Crippen LogP contribution in [0, 0.1) is 0 Å². The van der Waals surface area contributed by atoms with Gasteiger partial charge >= 0.3 is 17.8 Å². The van der Waals surface area contributed by atoms with Gasteiger partial charge in [0.15, 0.2) is 5.58 Å². The maximum absolute atomic E-state index is 12.5. The van der Waals surface area contributed by atoms with E-state index in [1.807, 2.05) is 0 Å². The molecule has 0 fully saturated rings. The number of carbonyl (C=O) groups excluding carboxylic acids is 2. The van der Waals surface area contributed by atoms with Crippen molar-refractivity contribution in [3.05, 3.63) is 64.1 Å². The van der Waals surface area contributed by atoms with Gasteiger partial charge in [-0.2, -0.15) is 0 Å². The Morgan fingerprint density at radius 1 is 1.08 bits per heavy atom. The molecule has 0 spiro atoms. The van der Waals surface area contributed by atoms with Gasteiger partial charge in [0, 0.05) is 17.8 Å². The van der Waals surface area contributed by atoms with Crippen molar-refractivity contribution in [2.24, 2.45) is 0 Å². The summed E-state index contributed by atoms with van der Waals surface area (Å²) in [6.45, 7) is 6.60. The van der Waals surface area contributed by atoms with E-state index in [0.717, 1.165) is 0 Å². The molecule has 4 N–H and O–H groups in total. The number of amides is 2. The summed E-state index contributed by atoms with van der Waals surface area (Å²) in [5.74, 6) is -1.24. The van der Waals surface area contributed by atoms with Crippen LogP contribution in [0.1, 0.15) is 43.1 Å². The Kier molecular flexibility index (Phi) is 8.49. The minimum absolute atomic E-state index is 0.0955. The van der Waals surface area contributed by atoms with Crippen LogP contribution in [-0.4, -0.2) is 52.9 Å². The van der Waals surface area contributed by atoms with Crippen LogP contribution in [-0.2, 0) is 16.1 Å². The molecule has 0 unspecified atom stereocenters. The Balaban J connectivity index is 1.55. The zero-order valence-corrected chi connectivity index (χ0v) is 20.4. The molecule has 0 aliphatic heterocycles. The number of nitrogens with one attached hydrogen (secondary N) is 3. The Bertz CT molecular complexity index is 1300. The third kappa shape index (κ3) is 7.70. The fourth-order valence-electron chi connectivity index (χ4n) is 3.50. The van der Waals surface area contributed by atoms with Crippen LogP contribution in [0.15, 0.2) is 51.7 Å². The molecule has 11 heteroatoms. The molecule has 3 aromatic rings. The van der Waals surface area contributed by atoms with Gasteiger partial charge in [0.05, 0.1) is 18.6 Å². The molecular weight excluding hydrogens is 468 g/mol. The van der Waals surface area contributed by atoms with Crippen molar-refractivity contribution in [1.29, 1.82) is 0 Å². The first kappa shape index (κ1) is 26.5. The number of carboxylic acid groups (broad SMARTS) is 1. The molecule has 0 radical (unpaired) electrons. The third-order valence-corrected chi connectivity index (χ3v) is 4.95. The average molecular weight is 499 g/mol. The third-order valence-electron chi connectivity index (χ3n) is 4.95. The molecule has 1 heterocycles. The van der Waals surface area contributed by atoms with Gasteiger partial charge in [-0.25, -0.2) is 9.59 Å². The van der Waals surface area contributed by atoms with Crippen LogP contribution in [0.5, 0.6) is 0 Å². The van der Waals surface area contributed by atoms with Crippen LogP contribution in [0.2, 0.25) is 0 Å². The number of aromatic nitrogens is 1. The molecule has 36 heavy (non-hydrogen) atoms. The zero-order valence-electron chi connectivity index (χ0n) is 20.4. The summed E-state index contributed by atoms with van der Waals surface area (Å²) in [5, 5.41) is 16.9. The maximum Gasteiger partial charge on any atom is 0.420 e. The summed E-state index contributed by atoms with van der Waals surface area (Å²) in [7, 11) is 0. The maximum atomic E-state index is 12.5. The first-order valence-corrected chi connectivity index (χ1v) is 11.4. The summed E-state index contributed by atoms with van der Waals surface area (Å²) < 4.78 is 12.0. The Hall–Kier alpha value is -4.12. The smallest absolute Gasteiger partial charge is 0.420 e. The number of carbonyl (C=O) groups is 3. The van der Waals surface area contributed by atoms with Gasteiger partial charge in [-0.05, 0) is 69.6 Å². The second-order valence-corrected chi connectivity index (χ2v) is 9.14. The number of benzene rings is 2. The lowest BCUT2D eigenvalue weighted by Crippen LogP contribution is -2.33. The molecule has 2 aromatic carbocycles. The molecule has 0 saturated heterocycles. The number of anilines is 1. The minimum Gasteiger partial charge on any atom is -0.465 e. The van der Waals surface area contributed by atoms with E-state index < -0.39 is 17.5 Å². The van der Waals surface area contributed by atoms with E-state index >= 15 is 0 Å². The first-order chi connectivity index (χ1) is 17.0. The second-order valence-electron chi connectivity index (χ2n) is 9.14. The molecule has 0 bridgehead atoms. The number of oxazole rings is 1.